The molecule has 102 valence electrons. The quantitative estimate of drug-likeness (QED) is 0.765. The number of hydrogen-bond donors (Lipinski definition) is 2. The van der Waals surface area contributed by atoms with E-state index in [0.717, 1.165) is 17.9 Å². The number of nitrogens with one attached hydrogen (secondary N) is 2. The van der Waals surface area contributed by atoms with E-state index in [1.807, 2.05) is 0 Å². The van der Waals surface area contributed by atoms with Gasteiger partial charge in [-0.1, -0.05) is 17.7 Å². The van der Waals surface area contributed by atoms with Crippen LogP contribution in [-0.4, -0.2) is 19.9 Å². The Bertz CT molecular complexity index is 737. The second-order valence-corrected chi connectivity index (χ2v) is 5.05. The number of hydrogen-bond acceptors (Lipinski definition) is 4. The summed E-state index contributed by atoms with van der Waals surface area (Å²) in [5.41, 5.74) is 6.72. The Morgan fingerprint density at radius 2 is 1.80 bits per heavy atom. The summed E-state index contributed by atoms with van der Waals surface area (Å²) in [5.74, 6) is 0.784. The van der Waals surface area contributed by atoms with E-state index >= 15 is 0 Å². The molecule has 0 spiro atoms. The summed E-state index contributed by atoms with van der Waals surface area (Å²) in [7, 11) is 0. The Kier molecular flexibility index (Phi) is 3.10. The molecule has 3 aromatic rings. The van der Waals surface area contributed by atoms with Crippen molar-refractivity contribution in [2.45, 2.75) is 27.3 Å². The fourth-order valence-corrected chi connectivity index (χ4v) is 2.56. The molecule has 0 saturated heterocycles. The van der Waals surface area contributed by atoms with Crippen LogP contribution in [0.2, 0.25) is 0 Å². The first-order valence-electron chi connectivity index (χ1n) is 6.60. The lowest BCUT2D eigenvalue weighted by atomic mass is 10.00. The number of anilines is 1. The highest BCUT2D eigenvalue weighted by Gasteiger charge is 2.08. The van der Waals surface area contributed by atoms with Crippen molar-refractivity contribution in [1.82, 2.24) is 19.9 Å². The van der Waals surface area contributed by atoms with E-state index in [-0.39, 0.29) is 0 Å². The van der Waals surface area contributed by atoms with Gasteiger partial charge in [0.25, 0.3) is 0 Å². The third kappa shape index (κ3) is 2.22. The molecule has 0 fully saturated rings. The van der Waals surface area contributed by atoms with E-state index in [4.69, 9.17) is 0 Å². The van der Waals surface area contributed by atoms with Crippen LogP contribution in [0.15, 0.2) is 24.8 Å². The summed E-state index contributed by atoms with van der Waals surface area (Å²) < 4.78 is 0. The molecule has 1 aromatic carbocycles. The van der Waals surface area contributed by atoms with Crippen molar-refractivity contribution in [3.63, 3.8) is 0 Å². The minimum absolute atomic E-state index is 0.680. The van der Waals surface area contributed by atoms with Crippen molar-refractivity contribution in [3.05, 3.63) is 47.0 Å². The molecule has 20 heavy (non-hydrogen) atoms. The molecule has 0 bridgehead atoms. The molecule has 2 N–H and O–H groups in total. The summed E-state index contributed by atoms with van der Waals surface area (Å²) >= 11 is 0. The zero-order chi connectivity index (χ0) is 14.1. The van der Waals surface area contributed by atoms with Gasteiger partial charge in [-0.25, -0.2) is 15.0 Å². The first-order chi connectivity index (χ1) is 9.65. The normalized spacial score (nSPS) is 10.9. The molecule has 0 saturated carbocycles. The zero-order valence-corrected chi connectivity index (χ0v) is 11.9. The number of aromatic nitrogens is 4. The second-order valence-electron chi connectivity index (χ2n) is 5.05. The van der Waals surface area contributed by atoms with E-state index in [1.54, 1.807) is 6.33 Å². The SMILES string of the molecule is Cc1cc(C)c(CNc2ncnc3nc[nH]c23)c(C)c1. The molecule has 0 atom stereocenters. The van der Waals surface area contributed by atoms with Crippen molar-refractivity contribution in [3.8, 4) is 0 Å². The first-order valence-corrected chi connectivity index (χ1v) is 6.60. The average Bonchev–Trinajstić information content (AvgIpc) is 2.86. The number of imidazole rings is 1. The molecule has 5 heteroatoms. The van der Waals surface area contributed by atoms with Crippen LogP contribution in [0.4, 0.5) is 5.82 Å². The van der Waals surface area contributed by atoms with E-state index < -0.39 is 0 Å². The lowest BCUT2D eigenvalue weighted by molar-refractivity contribution is 1.06. The highest BCUT2D eigenvalue weighted by atomic mass is 15.1. The molecule has 0 aliphatic rings. The van der Waals surface area contributed by atoms with Gasteiger partial charge in [-0.05, 0) is 37.5 Å². The number of aryl methyl sites for hydroxylation is 3. The molecular weight excluding hydrogens is 250 g/mol. The Balaban J connectivity index is 1.89. The number of aromatic amines is 1. The van der Waals surface area contributed by atoms with Gasteiger partial charge in [-0.3, -0.25) is 0 Å². The highest BCUT2D eigenvalue weighted by Crippen LogP contribution is 2.20. The van der Waals surface area contributed by atoms with Crippen LogP contribution in [0.3, 0.4) is 0 Å². The van der Waals surface area contributed by atoms with Crippen molar-refractivity contribution in [2.24, 2.45) is 0 Å². The van der Waals surface area contributed by atoms with Gasteiger partial charge in [0.15, 0.2) is 11.5 Å². The standard InChI is InChI=1S/C15H17N5/c1-9-4-10(2)12(11(3)5-9)6-16-14-13-15(18-7-17-13)20-8-19-14/h4-5,7-8H,6H2,1-3H3,(H2,16,17,18,19,20). The molecule has 3 rings (SSSR count). The number of nitrogens with zero attached hydrogens (tertiary/aromatic N) is 3. The van der Waals surface area contributed by atoms with Crippen LogP contribution in [0.25, 0.3) is 11.2 Å². The summed E-state index contributed by atoms with van der Waals surface area (Å²) in [6.45, 7) is 7.14. The van der Waals surface area contributed by atoms with Crippen LogP contribution in [0.1, 0.15) is 22.3 Å². The summed E-state index contributed by atoms with van der Waals surface area (Å²) in [6.07, 6.45) is 3.16. The maximum atomic E-state index is 4.28. The highest BCUT2D eigenvalue weighted by molar-refractivity contribution is 5.81. The Hall–Kier alpha value is -2.43. The van der Waals surface area contributed by atoms with Crippen LogP contribution in [0, 0.1) is 20.8 Å². The minimum atomic E-state index is 0.680. The number of H-pyrrole nitrogens is 1. The average molecular weight is 267 g/mol. The Labute approximate surface area is 117 Å². The Morgan fingerprint density at radius 1 is 1.05 bits per heavy atom. The summed E-state index contributed by atoms with van der Waals surface area (Å²) in [6, 6.07) is 4.41. The minimum Gasteiger partial charge on any atom is -0.364 e. The van der Waals surface area contributed by atoms with Crippen LogP contribution in [-0.2, 0) is 6.54 Å². The van der Waals surface area contributed by atoms with Crippen LogP contribution < -0.4 is 5.32 Å². The van der Waals surface area contributed by atoms with Gasteiger partial charge < -0.3 is 10.3 Å². The van der Waals surface area contributed by atoms with Gasteiger partial charge in [-0.15, -0.1) is 0 Å². The fraction of sp³-hybridized carbons (Fsp3) is 0.267. The first kappa shape index (κ1) is 12.6. The van der Waals surface area contributed by atoms with E-state index in [0.29, 0.717) is 5.65 Å². The molecule has 0 aliphatic heterocycles. The van der Waals surface area contributed by atoms with Gasteiger partial charge in [0, 0.05) is 6.54 Å². The Morgan fingerprint density at radius 3 is 2.55 bits per heavy atom. The van der Waals surface area contributed by atoms with E-state index in [1.165, 1.54) is 28.6 Å². The molecule has 0 aliphatic carbocycles. The molecule has 0 radical (unpaired) electrons. The molecular formula is C15H17N5. The molecule has 5 nitrogen and oxygen atoms in total. The summed E-state index contributed by atoms with van der Waals surface area (Å²) in [4.78, 5) is 15.6. The molecule has 2 aromatic heterocycles. The monoisotopic (exact) mass is 267 g/mol. The number of benzene rings is 1. The molecule has 0 amide bonds. The maximum absolute atomic E-state index is 4.28. The lowest BCUT2D eigenvalue weighted by Gasteiger charge is -2.12. The van der Waals surface area contributed by atoms with Crippen LogP contribution >= 0.6 is 0 Å². The second kappa shape index (κ2) is 4.92. The van der Waals surface area contributed by atoms with E-state index in [9.17, 15) is 0 Å². The predicted molar refractivity (Wildman–Crippen MR) is 79.7 cm³/mol. The maximum Gasteiger partial charge on any atom is 0.182 e. The van der Waals surface area contributed by atoms with Crippen LogP contribution in [0.5, 0.6) is 0 Å². The lowest BCUT2D eigenvalue weighted by Crippen LogP contribution is -2.06. The molecule has 2 heterocycles. The third-order valence-corrected chi connectivity index (χ3v) is 3.50. The summed E-state index contributed by atoms with van der Waals surface area (Å²) in [5, 5.41) is 3.37. The number of rotatable bonds is 3. The molecule has 0 unspecified atom stereocenters. The smallest absolute Gasteiger partial charge is 0.182 e. The van der Waals surface area contributed by atoms with Crippen molar-refractivity contribution in [1.29, 1.82) is 0 Å². The van der Waals surface area contributed by atoms with Gasteiger partial charge in [0.2, 0.25) is 0 Å². The zero-order valence-electron chi connectivity index (χ0n) is 11.9. The van der Waals surface area contributed by atoms with E-state index in [2.05, 4.69) is 58.2 Å². The number of fused-ring (bicyclic) bond motifs is 1. The van der Waals surface area contributed by atoms with Gasteiger partial charge in [0.05, 0.1) is 6.33 Å². The third-order valence-electron chi connectivity index (χ3n) is 3.50. The largest absolute Gasteiger partial charge is 0.364 e. The van der Waals surface area contributed by atoms with Gasteiger partial charge >= 0.3 is 0 Å². The predicted octanol–water partition coefficient (Wildman–Crippen LogP) is 2.89. The van der Waals surface area contributed by atoms with Gasteiger partial charge in [-0.2, -0.15) is 0 Å². The van der Waals surface area contributed by atoms with Crippen molar-refractivity contribution < 1.29 is 0 Å². The van der Waals surface area contributed by atoms with Gasteiger partial charge in [0.1, 0.15) is 11.8 Å². The van der Waals surface area contributed by atoms with Crippen molar-refractivity contribution in [2.75, 3.05) is 5.32 Å². The van der Waals surface area contributed by atoms with Crippen molar-refractivity contribution >= 4 is 17.0 Å². The topological polar surface area (TPSA) is 66.5 Å². The fourth-order valence-electron chi connectivity index (χ4n) is 2.56.